The van der Waals surface area contributed by atoms with Crippen molar-refractivity contribution in [3.05, 3.63) is 0 Å². The minimum atomic E-state index is -0.479. The zero-order valence-corrected chi connectivity index (χ0v) is 5.59. The molecule has 0 radical (unpaired) electrons. The molecule has 0 fully saturated rings. The summed E-state index contributed by atoms with van der Waals surface area (Å²) in [7, 11) is 0. The van der Waals surface area contributed by atoms with Crippen LogP contribution in [0.1, 0.15) is 12.8 Å². The fourth-order valence-electron chi connectivity index (χ4n) is 0.439. The van der Waals surface area contributed by atoms with Crippen LogP contribution >= 0.6 is 0 Å². The third-order valence-corrected chi connectivity index (χ3v) is 0.898. The van der Waals surface area contributed by atoms with Crippen LogP contribution in [0.5, 0.6) is 0 Å². The second-order valence-corrected chi connectivity index (χ2v) is 1.77. The lowest BCUT2D eigenvalue weighted by Crippen LogP contribution is -2.30. The van der Waals surface area contributed by atoms with Crippen molar-refractivity contribution in [1.82, 2.24) is 5.32 Å². The van der Waals surface area contributed by atoms with Gasteiger partial charge >= 0.3 is 0 Å². The van der Waals surface area contributed by atoms with Crippen LogP contribution in [0.25, 0.3) is 0 Å². The van der Waals surface area contributed by atoms with Gasteiger partial charge in [-0.2, -0.15) is 0 Å². The first-order chi connectivity index (χ1) is 4.66. The number of nitrogens with two attached hydrogens (primary N) is 2. The number of hydrogen-bond acceptors (Lipinski definition) is 3. The summed E-state index contributed by atoms with van der Waals surface area (Å²) in [5.41, 5.74) is 9.77. The van der Waals surface area contributed by atoms with E-state index in [1.54, 1.807) is 0 Å². The molecule has 5 heteroatoms. The van der Waals surface area contributed by atoms with Gasteiger partial charge in [-0.05, 0) is 0 Å². The Hall–Kier alpha value is -1.10. The van der Waals surface area contributed by atoms with E-state index >= 15 is 0 Å². The molecule has 0 aromatic carbocycles. The van der Waals surface area contributed by atoms with Crippen LogP contribution in [0.4, 0.5) is 0 Å². The molecule has 0 aromatic heterocycles. The number of carbonyl (C=O) groups is 2. The second kappa shape index (κ2) is 4.75. The Morgan fingerprint density at radius 1 is 1.30 bits per heavy atom. The van der Waals surface area contributed by atoms with Crippen LogP contribution in [-0.2, 0) is 9.59 Å². The van der Waals surface area contributed by atoms with Gasteiger partial charge in [0.25, 0.3) is 0 Å². The molecule has 0 aliphatic heterocycles. The first kappa shape index (κ1) is 8.90. The van der Waals surface area contributed by atoms with Crippen LogP contribution in [0, 0.1) is 0 Å². The van der Waals surface area contributed by atoms with Crippen LogP contribution < -0.4 is 16.8 Å². The van der Waals surface area contributed by atoms with Crippen molar-refractivity contribution in [2.75, 3.05) is 6.67 Å². The molecule has 2 amide bonds. The van der Waals surface area contributed by atoms with E-state index in [9.17, 15) is 9.59 Å². The lowest BCUT2D eigenvalue weighted by molar-refractivity contribution is -0.125. The highest BCUT2D eigenvalue weighted by Crippen LogP contribution is 1.85. The van der Waals surface area contributed by atoms with Crippen molar-refractivity contribution in [3.8, 4) is 0 Å². The first-order valence-electron chi connectivity index (χ1n) is 2.92. The van der Waals surface area contributed by atoms with Crippen molar-refractivity contribution in [2.45, 2.75) is 12.8 Å². The zero-order chi connectivity index (χ0) is 7.98. The first-order valence-corrected chi connectivity index (χ1v) is 2.92. The Morgan fingerprint density at radius 2 is 1.90 bits per heavy atom. The van der Waals surface area contributed by atoms with E-state index in [-0.39, 0.29) is 25.4 Å². The van der Waals surface area contributed by atoms with E-state index in [1.165, 1.54) is 0 Å². The van der Waals surface area contributed by atoms with Gasteiger partial charge in [-0.1, -0.05) is 0 Å². The molecule has 0 saturated carbocycles. The molecule has 0 heterocycles. The number of amides is 2. The SMILES string of the molecule is NCNC(=O)CCC(N)=O. The van der Waals surface area contributed by atoms with E-state index in [1.807, 2.05) is 0 Å². The third-order valence-electron chi connectivity index (χ3n) is 0.898. The quantitative estimate of drug-likeness (QED) is 0.410. The fourth-order valence-corrected chi connectivity index (χ4v) is 0.439. The van der Waals surface area contributed by atoms with Gasteiger partial charge in [-0.3, -0.25) is 9.59 Å². The highest BCUT2D eigenvalue weighted by Gasteiger charge is 2.00. The van der Waals surface area contributed by atoms with E-state index in [2.05, 4.69) is 5.32 Å². The summed E-state index contributed by atoms with van der Waals surface area (Å²) in [5, 5.41) is 2.33. The maximum atomic E-state index is 10.5. The average Bonchev–Trinajstić information content (AvgIpc) is 1.85. The van der Waals surface area contributed by atoms with Gasteiger partial charge in [0.2, 0.25) is 11.8 Å². The topological polar surface area (TPSA) is 98.2 Å². The van der Waals surface area contributed by atoms with Crippen molar-refractivity contribution in [2.24, 2.45) is 11.5 Å². The molecule has 0 spiro atoms. The number of hydrogen-bond donors (Lipinski definition) is 3. The van der Waals surface area contributed by atoms with E-state index in [4.69, 9.17) is 11.5 Å². The molecule has 0 bridgehead atoms. The van der Waals surface area contributed by atoms with Crippen LogP contribution in [0.15, 0.2) is 0 Å². The lowest BCUT2D eigenvalue weighted by atomic mass is 10.3. The normalized spacial score (nSPS) is 8.90. The monoisotopic (exact) mass is 145 g/mol. The Kier molecular flexibility index (Phi) is 4.23. The molecular weight excluding hydrogens is 134 g/mol. The standard InChI is InChI=1S/C5H11N3O2/c6-3-8-5(10)2-1-4(7)9/h1-3,6H2,(H2,7,9)(H,8,10). The summed E-state index contributed by atoms with van der Waals surface area (Å²) in [5.74, 6) is -0.728. The molecule has 0 rings (SSSR count). The summed E-state index contributed by atoms with van der Waals surface area (Å²) < 4.78 is 0. The predicted octanol–water partition coefficient (Wildman–Crippen LogP) is -1.72. The Labute approximate surface area is 58.8 Å². The zero-order valence-electron chi connectivity index (χ0n) is 5.59. The molecule has 0 saturated heterocycles. The largest absolute Gasteiger partial charge is 0.370 e. The summed E-state index contributed by atoms with van der Waals surface area (Å²) in [4.78, 5) is 20.7. The molecule has 5 nitrogen and oxygen atoms in total. The molecule has 0 unspecified atom stereocenters. The van der Waals surface area contributed by atoms with Gasteiger partial charge in [0.15, 0.2) is 0 Å². The van der Waals surface area contributed by atoms with Gasteiger partial charge in [-0.15, -0.1) is 0 Å². The molecule has 58 valence electrons. The number of carbonyl (C=O) groups excluding carboxylic acids is 2. The van der Waals surface area contributed by atoms with Gasteiger partial charge < -0.3 is 16.8 Å². The van der Waals surface area contributed by atoms with Gasteiger partial charge in [0.1, 0.15) is 0 Å². The van der Waals surface area contributed by atoms with E-state index < -0.39 is 5.91 Å². The van der Waals surface area contributed by atoms with Gasteiger partial charge in [0, 0.05) is 12.8 Å². The van der Waals surface area contributed by atoms with Crippen molar-refractivity contribution >= 4 is 11.8 Å². The maximum Gasteiger partial charge on any atom is 0.221 e. The van der Waals surface area contributed by atoms with Crippen LogP contribution in [-0.4, -0.2) is 18.5 Å². The van der Waals surface area contributed by atoms with Crippen LogP contribution in [0.2, 0.25) is 0 Å². The lowest BCUT2D eigenvalue weighted by Gasteiger charge is -1.97. The number of nitrogens with one attached hydrogen (secondary N) is 1. The number of primary amides is 1. The minimum absolute atomic E-state index is 0.0752. The summed E-state index contributed by atoms with van der Waals surface area (Å²) in [6.07, 6.45) is 0.193. The van der Waals surface area contributed by atoms with Gasteiger partial charge in [-0.25, -0.2) is 0 Å². The second-order valence-electron chi connectivity index (χ2n) is 1.77. The third kappa shape index (κ3) is 5.04. The average molecular weight is 145 g/mol. The smallest absolute Gasteiger partial charge is 0.221 e. The molecule has 5 N–H and O–H groups in total. The number of rotatable bonds is 4. The molecule has 0 aliphatic carbocycles. The van der Waals surface area contributed by atoms with Gasteiger partial charge in [0.05, 0.1) is 6.67 Å². The van der Waals surface area contributed by atoms with E-state index in [0.29, 0.717) is 0 Å². The molecule has 10 heavy (non-hydrogen) atoms. The predicted molar refractivity (Wildman–Crippen MR) is 35.6 cm³/mol. The summed E-state index contributed by atoms with van der Waals surface area (Å²) >= 11 is 0. The van der Waals surface area contributed by atoms with Crippen LogP contribution in [0.3, 0.4) is 0 Å². The summed E-state index contributed by atoms with van der Waals surface area (Å²) in [6.45, 7) is 0.0948. The highest BCUT2D eigenvalue weighted by atomic mass is 16.2. The summed E-state index contributed by atoms with van der Waals surface area (Å²) in [6, 6.07) is 0. The Bertz CT molecular complexity index is 135. The molecule has 0 atom stereocenters. The van der Waals surface area contributed by atoms with Crippen molar-refractivity contribution in [1.29, 1.82) is 0 Å². The maximum absolute atomic E-state index is 10.5. The van der Waals surface area contributed by atoms with Crippen molar-refractivity contribution < 1.29 is 9.59 Å². The molecule has 0 aliphatic rings. The molecular formula is C5H11N3O2. The Morgan fingerprint density at radius 3 is 2.30 bits per heavy atom. The van der Waals surface area contributed by atoms with Crippen molar-refractivity contribution in [3.63, 3.8) is 0 Å². The van der Waals surface area contributed by atoms with E-state index in [0.717, 1.165) is 0 Å². The highest BCUT2D eigenvalue weighted by molar-refractivity contribution is 5.82. The Balaban J connectivity index is 3.30. The minimum Gasteiger partial charge on any atom is -0.370 e. The molecule has 0 aromatic rings. The fraction of sp³-hybridized carbons (Fsp3) is 0.600.